The number of aryl methyl sites for hydroxylation is 2. The first-order valence-electron chi connectivity index (χ1n) is 9.53. The maximum Gasteiger partial charge on any atom is 0.164 e. The molecule has 1 fully saturated rings. The van der Waals surface area contributed by atoms with Crippen molar-refractivity contribution in [1.29, 1.82) is 0 Å². The Bertz CT molecular complexity index is 928. The number of hydrogen-bond donors (Lipinski definition) is 0. The first kappa shape index (κ1) is 16.1. The highest BCUT2D eigenvalue weighted by Crippen LogP contribution is 2.41. The molecule has 5 nitrogen and oxygen atoms in total. The van der Waals surface area contributed by atoms with Gasteiger partial charge in [-0.05, 0) is 43.5 Å². The highest BCUT2D eigenvalue weighted by molar-refractivity contribution is 7.19. The van der Waals surface area contributed by atoms with Crippen LogP contribution < -0.4 is 4.90 Å². The van der Waals surface area contributed by atoms with E-state index in [4.69, 9.17) is 9.97 Å². The molecule has 4 heterocycles. The van der Waals surface area contributed by atoms with Crippen molar-refractivity contribution in [3.63, 3.8) is 0 Å². The van der Waals surface area contributed by atoms with Gasteiger partial charge in [-0.3, -0.25) is 4.98 Å². The van der Waals surface area contributed by atoms with Crippen molar-refractivity contribution in [2.45, 2.75) is 26.2 Å². The van der Waals surface area contributed by atoms with Crippen molar-refractivity contribution in [3.05, 3.63) is 35.0 Å². The van der Waals surface area contributed by atoms with Gasteiger partial charge in [-0.2, -0.15) is 0 Å². The molecular formula is C20H23N5S. The Kier molecular flexibility index (Phi) is 4.10. The number of anilines is 1. The van der Waals surface area contributed by atoms with Crippen LogP contribution in [0.3, 0.4) is 0 Å². The summed E-state index contributed by atoms with van der Waals surface area (Å²) in [4.78, 5) is 21.9. The Morgan fingerprint density at radius 2 is 2.00 bits per heavy atom. The average molecular weight is 366 g/mol. The molecule has 26 heavy (non-hydrogen) atoms. The first-order valence-corrected chi connectivity index (χ1v) is 10.3. The van der Waals surface area contributed by atoms with Gasteiger partial charge in [0, 0.05) is 49.0 Å². The second kappa shape index (κ2) is 6.59. The van der Waals surface area contributed by atoms with Gasteiger partial charge in [0.1, 0.15) is 10.6 Å². The molecule has 0 atom stereocenters. The van der Waals surface area contributed by atoms with E-state index in [0.29, 0.717) is 0 Å². The van der Waals surface area contributed by atoms with Crippen molar-refractivity contribution < 1.29 is 0 Å². The number of aromatic nitrogens is 3. The van der Waals surface area contributed by atoms with Gasteiger partial charge in [0.25, 0.3) is 0 Å². The van der Waals surface area contributed by atoms with Crippen molar-refractivity contribution in [2.75, 3.05) is 37.6 Å². The maximum absolute atomic E-state index is 5.06. The summed E-state index contributed by atoms with van der Waals surface area (Å²) in [6.45, 7) is 7.66. The van der Waals surface area contributed by atoms with E-state index < -0.39 is 0 Å². The molecule has 2 aliphatic rings. The molecule has 0 bridgehead atoms. The third kappa shape index (κ3) is 2.68. The van der Waals surface area contributed by atoms with E-state index >= 15 is 0 Å². The van der Waals surface area contributed by atoms with Crippen LogP contribution in [0.4, 0.5) is 5.82 Å². The van der Waals surface area contributed by atoms with Crippen LogP contribution in [0.25, 0.3) is 21.6 Å². The second-order valence-corrected chi connectivity index (χ2v) is 8.15. The number of likely N-dealkylation sites (N-methyl/N-ethyl adjacent to an activating group) is 1. The molecule has 1 aliphatic heterocycles. The molecule has 0 amide bonds. The van der Waals surface area contributed by atoms with E-state index in [-0.39, 0.29) is 0 Å². The summed E-state index contributed by atoms with van der Waals surface area (Å²) in [5.74, 6) is 1.95. The lowest BCUT2D eigenvalue weighted by Crippen LogP contribution is -2.46. The minimum atomic E-state index is 0.804. The predicted molar refractivity (Wildman–Crippen MR) is 107 cm³/mol. The molecule has 0 spiro atoms. The fourth-order valence-electron chi connectivity index (χ4n) is 4.11. The summed E-state index contributed by atoms with van der Waals surface area (Å²) in [5.41, 5.74) is 2.51. The number of thiophene rings is 1. The summed E-state index contributed by atoms with van der Waals surface area (Å²) in [5, 5.41) is 1.32. The zero-order valence-electron chi connectivity index (χ0n) is 15.1. The van der Waals surface area contributed by atoms with Crippen molar-refractivity contribution in [1.82, 2.24) is 19.9 Å². The van der Waals surface area contributed by atoms with Gasteiger partial charge in [0.2, 0.25) is 0 Å². The number of fused-ring (bicyclic) bond motifs is 3. The Labute approximate surface area is 157 Å². The molecule has 0 N–H and O–H groups in total. The van der Waals surface area contributed by atoms with Crippen LogP contribution >= 0.6 is 11.3 Å². The quantitative estimate of drug-likeness (QED) is 0.712. The highest BCUT2D eigenvalue weighted by atomic mass is 32.1. The van der Waals surface area contributed by atoms with Crippen LogP contribution in [0.5, 0.6) is 0 Å². The Morgan fingerprint density at radius 3 is 2.77 bits per heavy atom. The summed E-state index contributed by atoms with van der Waals surface area (Å²) in [7, 11) is 0. The van der Waals surface area contributed by atoms with Crippen LogP contribution in [0.1, 0.15) is 23.8 Å². The standard InChI is InChI=1S/C20H23N5S/c1-2-24-9-11-25(12-10-24)19-17-15-6-3-7-16(15)26-20(17)23-18(22-19)14-5-4-8-21-13-14/h4-5,8,13H,2-3,6-7,9-12H2,1H3. The zero-order chi connectivity index (χ0) is 17.5. The van der Waals surface area contributed by atoms with Crippen molar-refractivity contribution >= 4 is 27.4 Å². The topological polar surface area (TPSA) is 45.2 Å². The lowest BCUT2D eigenvalue weighted by atomic mass is 10.1. The molecule has 0 radical (unpaired) electrons. The largest absolute Gasteiger partial charge is 0.353 e. The Balaban J connectivity index is 1.64. The Hall–Kier alpha value is -2.05. The molecule has 3 aromatic rings. The van der Waals surface area contributed by atoms with Crippen molar-refractivity contribution in [2.24, 2.45) is 0 Å². The highest BCUT2D eigenvalue weighted by Gasteiger charge is 2.26. The molecule has 1 saturated heterocycles. The van der Waals surface area contributed by atoms with Gasteiger partial charge in [-0.1, -0.05) is 6.92 Å². The third-order valence-electron chi connectivity index (χ3n) is 5.58. The monoisotopic (exact) mass is 365 g/mol. The number of piperazine rings is 1. The van der Waals surface area contributed by atoms with Crippen LogP contribution in [0.2, 0.25) is 0 Å². The third-order valence-corrected chi connectivity index (χ3v) is 6.77. The molecule has 6 heteroatoms. The van der Waals surface area contributed by atoms with Gasteiger partial charge in [-0.15, -0.1) is 11.3 Å². The lowest BCUT2D eigenvalue weighted by molar-refractivity contribution is 0.271. The van der Waals surface area contributed by atoms with Gasteiger partial charge in [0.05, 0.1) is 5.39 Å². The summed E-state index contributed by atoms with van der Waals surface area (Å²) in [6.07, 6.45) is 7.30. The van der Waals surface area contributed by atoms with Crippen LogP contribution in [0, 0.1) is 0 Å². The maximum atomic E-state index is 5.06. The fourth-order valence-corrected chi connectivity index (χ4v) is 5.36. The molecule has 1 aliphatic carbocycles. The summed E-state index contributed by atoms with van der Waals surface area (Å²) < 4.78 is 0. The minimum Gasteiger partial charge on any atom is -0.353 e. The second-order valence-electron chi connectivity index (χ2n) is 7.07. The van der Waals surface area contributed by atoms with E-state index in [9.17, 15) is 0 Å². The van der Waals surface area contributed by atoms with E-state index in [0.717, 1.165) is 54.8 Å². The Morgan fingerprint density at radius 1 is 1.12 bits per heavy atom. The fraction of sp³-hybridized carbons (Fsp3) is 0.450. The number of pyridine rings is 1. The van der Waals surface area contributed by atoms with Gasteiger partial charge in [-0.25, -0.2) is 9.97 Å². The smallest absolute Gasteiger partial charge is 0.164 e. The average Bonchev–Trinajstić information content (AvgIpc) is 3.29. The SMILES string of the molecule is CCN1CCN(c2nc(-c3cccnc3)nc3sc4c(c23)CCC4)CC1. The first-order chi connectivity index (χ1) is 12.8. The summed E-state index contributed by atoms with van der Waals surface area (Å²) in [6, 6.07) is 4.01. The normalized spacial score (nSPS) is 17.8. The molecule has 3 aromatic heterocycles. The van der Waals surface area contributed by atoms with Gasteiger partial charge >= 0.3 is 0 Å². The van der Waals surface area contributed by atoms with E-state index in [1.165, 1.54) is 35.1 Å². The summed E-state index contributed by atoms with van der Waals surface area (Å²) >= 11 is 1.87. The van der Waals surface area contributed by atoms with Crippen molar-refractivity contribution in [3.8, 4) is 11.4 Å². The van der Waals surface area contributed by atoms with Gasteiger partial charge < -0.3 is 9.80 Å². The molecule has 0 saturated carbocycles. The minimum absolute atomic E-state index is 0.804. The predicted octanol–water partition coefficient (Wildman–Crippen LogP) is 3.38. The molecule has 134 valence electrons. The lowest BCUT2D eigenvalue weighted by Gasteiger charge is -2.35. The van der Waals surface area contributed by atoms with Crippen LogP contribution in [0.15, 0.2) is 24.5 Å². The van der Waals surface area contributed by atoms with Crippen LogP contribution in [-0.2, 0) is 12.8 Å². The number of hydrogen-bond acceptors (Lipinski definition) is 6. The van der Waals surface area contributed by atoms with E-state index in [1.54, 1.807) is 6.20 Å². The van der Waals surface area contributed by atoms with Gasteiger partial charge in [0.15, 0.2) is 5.82 Å². The molecule has 0 unspecified atom stereocenters. The number of rotatable bonds is 3. The number of nitrogens with zero attached hydrogens (tertiary/aromatic N) is 5. The van der Waals surface area contributed by atoms with E-state index in [2.05, 4.69) is 21.7 Å². The molecule has 0 aromatic carbocycles. The zero-order valence-corrected chi connectivity index (χ0v) is 15.9. The molecule has 5 rings (SSSR count). The van der Waals surface area contributed by atoms with E-state index in [1.807, 2.05) is 29.7 Å². The van der Waals surface area contributed by atoms with Crippen LogP contribution in [-0.4, -0.2) is 52.6 Å². The molecular weight excluding hydrogens is 342 g/mol.